The molecule has 0 saturated heterocycles. The molecule has 0 saturated carbocycles. The van der Waals surface area contributed by atoms with Crippen LogP contribution in [0.5, 0.6) is 0 Å². The zero-order chi connectivity index (χ0) is 20.9. The summed E-state index contributed by atoms with van der Waals surface area (Å²) in [6.07, 6.45) is 2.64. The molecule has 0 amide bonds. The zero-order valence-corrected chi connectivity index (χ0v) is 18.1. The van der Waals surface area contributed by atoms with Crippen LogP contribution >= 0.6 is 0 Å². The minimum atomic E-state index is 0.110. The fourth-order valence-electron chi connectivity index (χ4n) is 2.73. The average Bonchev–Trinajstić information content (AvgIpc) is 3.20. The molecule has 2 aromatic rings. The van der Waals surface area contributed by atoms with Gasteiger partial charge in [-0.15, -0.1) is 0 Å². The number of hydrogen-bond acceptors (Lipinski definition) is 5. The largest absolute Gasteiger partial charge is 0.374 e. The Hall–Kier alpha value is -2.41. The van der Waals surface area contributed by atoms with Crippen LogP contribution in [0.4, 0.5) is 0 Å². The first kappa shape index (κ1) is 22.9. The molecule has 1 heterocycles. The molecular weight excluding hydrogens is 366 g/mol. The molecule has 0 radical (unpaired) electrons. The maximum absolute atomic E-state index is 5.91. The molecular formula is C22H35N5O2. The standard InChI is InChI=1S/C22H35N5O2/c1-5-23-22(24-14-9-13-20-26-21(17(2)3)27-29-20)25-15-10-16-28-18(4)19-11-7-6-8-12-19/h6-8,11-12,17-18H,5,9-10,13-16H2,1-4H3,(H2,23,24,25). The van der Waals surface area contributed by atoms with Gasteiger partial charge in [0.2, 0.25) is 5.89 Å². The molecule has 1 aromatic carbocycles. The van der Waals surface area contributed by atoms with E-state index in [2.05, 4.69) is 65.6 Å². The van der Waals surface area contributed by atoms with Crippen LogP contribution < -0.4 is 10.6 Å². The summed E-state index contributed by atoms with van der Waals surface area (Å²) in [5, 5.41) is 10.6. The molecule has 0 aliphatic rings. The minimum Gasteiger partial charge on any atom is -0.374 e. The van der Waals surface area contributed by atoms with Gasteiger partial charge in [-0.2, -0.15) is 4.98 Å². The number of ether oxygens (including phenoxy) is 1. The van der Waals surface area contributed by atoms with E-state index in [1.165, 1.54) is 5.56 Å². The Morgan fingerprint density at radius 2 is 1.93 bits per heavy atom. The molecule has 160 valence electrons. The van der Waals surface area contributed by atoms with Gasteiger partial charge in [-0.25, -0.2) is 0 Å². The molecule has 0 bridgehead atoms. The van der Waals surface area contributed by atoms with Gasteiger partial charge < -0.3 is 19.9 Å². The number of rotatable bonds is 12. The van der Waals surface area contributed by atoms with Crippen LogP contribution in [0.1, 0.15) is 69.8 Å². The molecule has 29 heavy (non-hydrogen) atoms. The van der Waals surface area contributed by atoms with E-state index >= 15 is 0 Å². The van der Waals surface area contributed by atoms with E-state index in [-0.39, 0.29) is 12.0 Å². The van der Waals surface area contributed by atoms with Crippen molar-refractivity contribution < 1.29 is 9.26 Å². The average molecular weight is 402 g/mol. The van der Waals surface area contributed by atoms with Crippen molar-refractivity contribution in [2.75, 3.05) is 26.2 Å². The summed E-state index contributed by atoms with van der Waals surface area (Å²) in [6.45, 7) is 11.3. The van der Waals surface area contributed by atoms with Crippen molar-refractivity contribution in [2.45, 2.75) is 59.0 Å². The number of aliphatic imine (C=N–C) groups is 1. The summed E-state index contributed by atoms with van der Waals surface area (Å²) in [7, 11) is 0. The van der Waals surface area contributed by atoms with Gasteiger partial charge in [-0.1, -0.05) is 49.3 Å². The van der Waals surface area contributed by atoms with Crippen molar-refractivity contribution in [1.29, 1.82) is 0 Å². The Morgan fingerprint density at radius 3 is 2.62 bits per heavy atom. The summed E-state index contributed by atoms with van der Waals surface area (Å²) >= 11 is 0. The Bertz CT molecular complexity index is 715. The van der Waals surface area contributed by atoms with E-state index in [9.17, 15) is 0 Å². The normalized spacial score (nSPS) is 12.9. The van der Waals surface area contributed by atoms with Crippen molar-refractivity contribution in [1.82, 2.24) is 20.8 Å². The summed E-state index contributed by atoms with van der Waals surface area (Å²) in [6, 6.07) is 10.3. The van der Waals surface area contributed by atoms with Gasteiger partial charge in [0.05, 0.1) is 6.10 Å². The van der Waals surface area contributed by atoms with Crippen LogP contribution in [0.2, 0.25) is 0 Å². The Kier molecular flexibility index (Phi) is 10.2. The van der Waals surface area contributed by atoms with E-state index in [1.807, 2.05) is 18.2 Å². The Morgan fingerprint density at radius 1 is 1.14 bits per heavy atom. The summed E-state index contributed by atoms with van der Waals surface area (Å²) in [4.78, 5) is 9.01. The van der Waals surface area contributed by atoms with Crippen LogP contribution in [0, 0.1) is 0 Å². The van der Waals surface area contributed by atoms with Crippen molar-refractivity contribution in [3.63, 3.8) is 0 Å². The van der Waals surface area contributed by atoms with E-state index in [4.69, 9.17) is 9.26 Å². The molecule has 2 rings (SSSR count). The van der Waals surface area contributed by atoms with E-state index < -0.39 is 0 Å². The molecule has 7 nitrogen and oxygen atoms in total. The molecule has 7 heteroatoms. The highest BCUT2D eigenvalue weighted by atomic mass is 16.5. The number of aryl methyl sites for hydroxylation is 1. The second-order valence-electron chi connectivity index (χ2n) is 7.27. The van der Waals surface area contributed by atoms with Crippen molar-refractivity contribution in [3.8, 4) is 0 Å². The van der Waals surface area contributed by atoms with Gasteiger partial charge in [0.25, 0.3) is 0 Å². The molecule has 1 aromatic heterocycles. The fraction of sp³-hybridized carbons (Fsp3) is 0.591. The van der Waals surface area contributed by atoms with Gasteiger partial charge in [-0.3, -0.25) is 4.99 Å². The fourth-order valence-corrected chi connectivity index (χ4v) is 2.73. The highest BCUT2D eigenvalue weighted by molar-refractivity contribution is 5.79. The Balaban J connectivity index is 1.63. The molecule has 0 aliphatic heterocycles. The van der Waals surface area contributed by atoms with Crippen LogP contribution in [0.25, 0.3) is 0 Å². The summed E-state index contributed by atoms with van der Waals surface area (Å²) in [5.41, 5.74) is 1.21. The van der Waals surface area contributed by atoms with Gasteiger partial charge in [0, 0.05) is 38.6 Å². The molecule has 1 unspecified atom stereocenters. The predicted molar refractivity (Wildman–Crippen MR) is 116 cm³/mol. The first-order valence-electron chi connectivity index (χ1n) is 10.6. The van der Waals surface area contributed by atoms with Crippen molar-refractivity contribution in [3.05, 3.63) is 47.6 Å². The maximum Gasteiger partial charge on any atom is 0.226 e. The lowest BCUT2D eigenvalue weighted by Gasteiger charge is -2.14. The third kappa shape index (κ3) is 8.64. The van der Waals surface area contributed by atoms with Crippen LogP contribution in [-0.2, 0) is 11.2 Å². The number of nitrogens with zero attached hydrogens (tertiary/aromatic N) is 3. The zero-order valence-electron chi connectivity index (χ0n) is 18.1. The third-order valence-electron chi connectivity index (χ3n) is 4.41. The van der Waals surface area contributed by atoms with Crippen LogP contribution in [0.3, 0.4) is 0 Å². The lowest BCUT2D eigenvalue weighted by Crippen LogP contribution is -2.38. The Labute approximate surface area is 174 Å². The summed E-state index contributed by atoms with van der Waals surface area (Å²) < 4.78 is 11.2. The van der Waals surface area contributed by atoms with Crippen molar-refractivity contribution >= 4 is 5.96 Å². The van der Waals surface area contributed by atoms with Crippen molar-refractivity contribution in [2.24, 2.45) is 4.99 Å². The second-order valence-corrected chi connectivity index (χ2v) is 7.27. The predicted octanol–water partition coefficient (Wildman–Crippen LogP) is 3.85. The third-order valence-corrected chi connectivity index (χ3v) is 4.41. The molecule has 0 fully saturated rings. The van der Waals surface area contributed by atoms with Crippen LogP contribution in [0.15, 0.2) is 39.8 Å². The second kappa shape index (κ2) is 12.9. The van der Waals surface area contributed by atoms with E-state index in [1.54, 1.807) is 0 Å². The van der Waals surface area contributed by atoms with E-state index in [0.29, 0.717) is 19.0 Å². The number of hydrogen-bond donors (Lipinski definition) is 2. The molecule has 2 N–H and O–H groups in total. The summed E-state index contributed by atoms with van der Waals surface area (Å²) in [5.74, 6) is 2.57. The topological polar surface area (TPSA) is 84.6 Å². The number of benzene rings is 1. The van der Waals surface area contributed by atoms with Gasteiger partial charge >= 0.3 is 0 Å². The van der Waals surface area contributed by atoms with Gasteiger partial charge in [-0.05, 0) is 32.3 Å². The maximum atomic E-state index is 5.91. The monoisotopic (exact) mass is 401 g/mol. The molecule has 0 spiro atoms. The van der Waals surface area contributed by atoms with Gasteiger partial charge in [0.1, 0.15) is 0 Å². The molecule has 1 atom stereocenters. The molecule has 0 aliphatic carbocycles. The minimum absolute atomic E-state index is 0.110. The smallest absolute Gasteiger partial charge is 0.226 e. The van der Waals surface area contributed by atoms with E-state index in [0.717, 1.165) is 44.1 Å². The highest BCUT2D eigenvalue weighted by Crippen LogP contribution is 2.15. The SMILES string of the molecule is CCNC(=NCCCc1nc(C(C)C)no1)NCCCOC(C)c1ccccc1. The lowest BCUT2D eigenvalue weighted by atomic mass is 10.1. The quantitative estimate of drug-likeness (QED) is 0.319. The lowest BCUT2D eigenvalue weighted by molar-refractivity contribution is 0.0646. The number of guanidine groups is 1. The first-order valence-corrected chi connectivity index (χ1v) is 10.6. The van der Waals surface area contributed by atoms with Gasteiger partial charge in [0.15, 0.2) is 11.8 Å². The number of nitrogens with one attached hydrogen (secondary N) is 2. The highest BCUT2D eigenvalue weighted by Gasteiger charge is 2.09. The van der Waals surface area contributed by atoms with Crippen LogP contribution in [-0.4, -0.2) is 42.3 Å². The first-order chi connectivity index (χ1) is 14.1. The number of aromatic nitrogens is 2.